The molecular weight excluding hydrogens is 370 g/mol. The van der Waals surface area contributed by atoms with Crippen LogP contribution >= 0.6 is 11.3 Å². The summed E-state index contributed by atoms with van der Waals surface area (Å²) < 4.78 is 3.14. The van der Waals surface area contributed by atoms with Gasteiger partial charge in [-0.3, -0.25) is 19.4 Å². The minimum Gasteiger partial charge on any atom is -0.349 e. The van der Waals surface area contributed by atoms with Crippen molar-refractivity contribution in [2.75, 3.05) is 6.54 Å². The van der Waals surface area contributed by atoms with Gasteiger partial charge in [-0.15, -0.1) is 11.3 Å². The Labute approximate surface area is 166 Å². The molecule has 3 aromatic heterocycles. The van der Waals surface area contributed by atoms with Crippen molar-refractivity contribution in [3.8, 4) is 11.4 Å². The van der Waals surface area contributed by atoms with E-state index in [-0.39, 0.29) is 5.91 Å². The summed E-state index contributed by atoms with van der Waals surface area (Å²) in [7, 11) is 0. The average molecular weight is 389 g/mol. The van der Waals surface area contributed by atoms with Gasteiger partial charge >= 0.3 is 0 Å². The van der Waals surface area contributed by atoms with Gasteiger partial charge in [0.05, 0.1) is 17.6 Å². The molecule has 0 radical (unpaired) electrons. The quantitative estimate of drug-likeness (QED) is 0.543. The molecule has 1 aromatic carbocycles. The summed E-state index contributed by atoms with van der Waals surface area (Å²) in [5.74, 6) is 0.534. The van der Waals surface area contributed by atoms with Crippen LogP contribution in [0.25, 0.3) is 21.5 Å². The largest absolute Gasteiger partial charge is 0.349 e. The van der Waals surface area contributed by atoms with Gasteiger partial charge in [-0.1, -0.05) is 18.2 Å². The fourth-order valence-electron chi connectivity index (χ4n) is 3.33. The first-order valence-electron chi connectivity index (χ1n) is 9.39. The van der Waals surface area contributed by atoms with Crippen molar-refractivity contribution in [2.45, 2.75) is 25.3 Å². The van der Waals surface area contributed by atoms with Gasteiger partial charge in [-0.25, -0.2) is 0 Å². The third-order valence-corrected chi connectivity index (χ3v) is 6.01. The van der Waals surface area contributed by atoms with Crippen molar-refractivity contribution in [3.05, 3.63) is 65.6 Å². The number of amides is 1. The maximum atomic E-state index is 12.5. The first-order valence-corrected chi connectivity index (χ1v) is 10.2. The van der Waals surface area contributed by atoms with Crippen LogP contribution in [-0.2, 0) is 6.54 Å². The second kappa shape index (κ2) is 7.16. The van der Waals surface area contributed by atoms with Crippen LogP contribution in [0.1, 0.15) is 34.1 Å². The highest BCUT2D eigenvalue weighted by atomic mass is 32.1. The molecule has 0 spiro atoms. The van der Waals surface area contributed by atoms with Crippen LogP contribution in [0.3, 0.4) is 0 Å². The molecule has 0 atom stereocenters. The molecule has 0 saturated heterocycles. The second-order valence-corrected chi connectivity index (χ2v) is 8.03. The van der Waals surface area contributed by atoms with Crippen LogP contribution in [0.4, 0.5) is 0 Å². The molecule has 0 aliphatic heterocycles. The molecule has 1 N–H and O–H groups in total. The summed E-state index contributed by atoms with van der Waals surface area (Å²) in [6.07, 6.45) is 7.45. The normalized spacial score (nSPS) is 13.7. The monoisotopic (exact) mass is 389 g/mol. The summed E-state index contributed by atoms with van der Waals surface area (Å²) in [4.78, 5) is 21.7. The Hall–Kier alpha value is -3.06. The van der Waals surface area contributed by atoms with Gasteiger partial charge in [-0.05, 0) is 36.4 Å². The summed E-state index contributed by atoms with van der Waals surface area (Å²) in [6.45, 7) is 1.18. The zero-order valence-electron chi connectivity index (χ0n) is 15.2. The molecule has 28 heavy (non-hydrogen) atoms. The highest BCUT2D eigenvalue weighted by Crippen LogP contribution is 2.41. The highest BCUT2D eigenvalue weighted by Gasteiger charge is 2.28. The third-order valence-electron chi connectivity index (χ3n) is 4.89. The standard InChI is InChI=1S/C21H19N5OS/c27-21(20-11-15-3-1-2-4-19(15)28-20)24-9-10-26-18(14-5-6-14)12-16(25-26)17-13-22-7-8-23-17/h1-4,7-8,11-14H,5-6,9-10H2,(H,24,27). The molecule has 1 fully saturated rings. The van der Waals surface area contributed by atoms with E-state index in [4.69, 9.17) is 5.10 Å². The number of carbonyl (C=O) groups excluding carboxylic acids is 1. The number of hydrogen-bond acceptors (Lipinski definition) is 5. The van der Waals surface area contributed by atoms with Crippen molar-refractivity contribution in [2.24, 2.45) is 0 Å². The SMILES string of the molecule is O=C(NCCn1nc(-c2cnccn2)cc1C1CC1)c1cc2ccccc2s1. The van der Waals surface area contributed by atoms with Gasteiger partial charge in [0.2, 0.25) is 0 Å². The number of rotatable bonds is 6. The van der Waals surface area contributed by atoms with Gasteiger partial charge in [-0.2, -0.15) is 5.10 Å². The number of nitrogens with zero attached hydrogens (tertiary/aromatic N) is 4. The predicted octanol–water partition coefficient (Wildman–Crippen LogP) is 3.86. The maximum absolute atomic E-state index is 12.5. The molecule has 1 amide bonds. The molecule has 5 rings (SSSR count). The van der Waals surface area contributed by atoms with E-state index < -0.39 is 0 Å². The Balaban J connectivity index is 1.28. The van der Waals surface area contributed by atoms with E-state index >= 15 is 0 Å². The Kier molecular flexibility index (Phi) is 4.37. The highest BCUT2D eigenvalue weighted by molar-refractivity contribution is 7.20. The summed E-state index contributed by atoms with van der Waals surface area (Å²) >= 11 is 1.52. The minimum atomic E-state index is -0.0320. The van der Waals surface area contributed by atoms with Crippen molar-refractivity contribution >= 4 is 27.3 Å². The maximum Gasteiger partial charge on any atom is 0.261 e. The molecule has 7 heteroatoms. The zero-order chi connectivity index (χ0) is 18.9. The topological polar surface area (TPSA) is 72.7 Å². The van der Waals surface area contributed by atoms with Gasteiger partial charge in [0.1, 0.15) is 11.4 Å². The number of benzene rings is 1. The van der Waals surface area contributed by atoms with E-state index in [1.807, 2.05) is 35.0 Å². The smallest absolute Gasteiger partial charge is 0.261 e. The first kappa shape index (κ1) is 17.1. The van der Waals surface area contributed by atoms with Gasteiger partial charge in [0, 0.05) is 35.3 Å². The van der Waals surface area contributed by atoms with Crippen molar-refractivity contribution < 1.29 is 4.79 Å². The predicted molar refractivity (Wildman–Crippen MR) is 109 cm³/mol. The van der Waals surface area contributed by atoms with Crippen molar-refractivity contribution in [1.82, 2.24) is 25.1 Å². The minimum absolute atomic E-state index is 0.0320. The Morgan fingerprint density at radius 3 is 2.86 bits per heavy atom. The van der Waals surface area contributed by atoms with Crippen LogP contribution in [0.2, 0.25) is 0 Å². The fourth-order valence-corrected chi connectivity index (χ4v) is 4.31. The molecule has 0 bridgehead atoms. The number of thiophene rings is 1. The Morgan fingerprint density at radius 1 is 1.18 bits per heavy atom. The van der Waals surface area contributed by atoms with E-state index in [0.717, 1.165) is 26.4 Å². The zero-order valence-corrected chi connectivity index (χ0v) is 16.0. The second-order valence-electron chi connectivity index (χ2n) is 6.95. The van der Waals surface area contributed by atoms with E-state index in [2.05, 4.69) is 21.4 Å². The summed E-state index contributed by atoms with van der Waals surface area (Å²) in [5.41, 5.74) is 2.83. The Bertz CT molecular complexity index is 1100. The number of aromatic nitrogens is 4. The lowest BCUT2D eigenvalue weighted by atomic mass is 10.2. The number of hydrogen-bond donors (Lipinski definition) is 1. The lowest BCUT2D eigenvalue weighted by Crippen LogP contribution is -2.27. The fraction of sp³-hybridized carbons (Fsp3) is 0.238. The van der Waals surface area contributed by atoms with E-state index in [0.29, 0.717) is 19.0 Å². The van der Waals surface area contributed by atoms with Crippen LogP contribution in [0.15, 0.2) is 55.0 Å². The number of carbonyl (C=O) groups is 1. The molecule has 140 valence electrons. The molecule has 1 aliphatic rings. The summed E-state index contributed by atoms with van der Waals surface area (Å²) in [5, 5.41) is 8.84. The van der Waals surface area contributed by atoms with Crippen molar-refractivity contribution in [3.63, 3.8) is 0 Å². The summed E-state index contributed by atoms with van der Waals surface area (Å²) in [6, 6.07) is 12.1. The lowest BCUT2D eigenvalue weighted by molar-refractivity contribution is 0.0956. The third kappa shape index (κ3) is 3.41. The van der Waals surface area contributed by atoms with E-state index in [9.17, 15) is 4.79 Å². The average Bonchev–Trinajstić information content (AvgIpc) is 3.34. The van der Waals surface area contributed by atoms with Crippen LogP contribution in [0.5, 0.6) is 0 Å². The Morgan fingerprint density at radius 2 is 2.07 bits per heavy atom. The molecule has 1 saturated carbocycles. The van der Waals surface area contributed by atoms with Gasteiger partial charge < -0.3 is 5.32 Å². The molecule has 0 unspecified atom stereocenters. The first-order chi connectivity index (χ1) is 13.8. The van der Waals surface area contributed by atoms with Crippen LogP contribution < -0.4 is 5.32 Å². The van der Waals surface area contributed by atoms with Crippen LogP contribution in [0, 0.1) is 0 Å². The number of nitrogens with one attached hydrogen (secondary N) is 1. The lowest BCUT2D eigenvalue weighted by Gasteiger charge is -2.07. The van der Waals surface area contributed by atoms with Crippen LogP contribution in [-0.4, -0.2) is 32.2 Å². The molecule has 3 heterocycles. The molecule has 1 aliphatic carbocycles. The van der Waals surface area contributed by atoms with Gasteiger partial charge in [0.25, 0.3) is 5.91 Å². The molecular formula is C21H19N5OS. The van der Waals surface area contributed by atoms with E-state index in [1.165, 1.54) is 29.9 Å². The number of fused-ring (bicyclic) bond motifs is 1. The van der Waals surface area contributed by atoms with Crippen molar-refractivity contribution in [1.29, 1.82) is 0 Å². The molecule has 6 nitrogen and oxygen atoms in total. The van der Waals surface area contributed by atoms with Gasteiger partial charge in [0.15, 0.2) is 0 Å². The molecule has 4 aromatic rings. The van der Waals surface area contributed by atoms with E-state index in [1.54, 1.807) is 18.6 Å².